The van der Waals surface area contributed by atoms with Gasteiger partial charge in [-0.05, 0) is 47.2 Å². The number of carbonyl (C=O) groups is 5. The summed E-state index contributed by atoms with van der Waals surface area (Å²) in [6, 6.07) is 9.72. The molecule has 0 aliphatic rings. The normalized spacial score (nSPS) is 13.8. The Bertz CT molecular complexity index is 1640. The molecule has 0 bridgehead atoms. The minimum absolute atomic E-state index is 0.00930. The van der Waals surface area contributed by atoms with Crippen molar-refractivity contribution in [1.82, 2.24) is 29.6 Å². The zero-order valence-electron chi connectivity index (χ0n) is 34.0. The van der Waals surface area contributed by atoms with Crippen LogP contribution in [0.25, 0.3) is 0 Å². The lowest BCUT2D eigenvalue weighted by molar-refractivity contribution is -0.157. The molecule has 0 aliphatic carbocycles. The van der Waals surface area contributed by atoms with Crippen LogP contribution in [0.3, 0.4) is 0 Å². The van der Waals surface area contributed by atoms with Gasteiger partial charge in [-0.25, -0.2) is 4.79 Å². The summed E-state index contributed by atoms with van der Waals surface area (Å²) < 4.78 is 0. The summed E-state index contributed by atoms with van der Waals surface area (Å²) in [6.07, 6.45) is 0.0944. The predicted octanol–water partition coefficient (Wildman–Crippen LogP) is 4.32. The van der Waals surface area contributed by atoms with Gasteiger partial charge in [0.05, 0.1) is 11.4 Å². The molecule has 4 amide bonds. The number of amides is 4. The van der Waals surface area contributed by atoms with Gasteiger partial charge in [-0.1, -0.05) is 62.4 Å². The molecule has 0 aliphatic heterocycles. The Hall–Kier alpha value is -5.41. The minimum atomic E-state index is -1.24. The van der Waals surface area contributed by atoms with E-state index in [1.807, 2.05) is 13.8 Å². The summed E-state index contributed by atoms with van der Waals surface area (Å²) in [7, 11) is 13.0. The molecule has 16 nitrogen and oxygen atoms in total. The fourth-order valence-corrected chi connectivity index (χ4v) is 5.99. The minimum Gasteiger partial charge on any atom is -0.480 e. The molecule has 16 heteroatoms. The number of carboxylic acid groups (broad SMARTS) is 1. The quantitative estimate of drug-likeness (QED) is 0.173. The second-order valence-corrected chi connectivity index (χ2v) is 14.5. The van der Waals surface area contributed by atoms with Crippen LogP contribution in [0.5, 0.6) is 0 Å². The molecular weight excluding hydrogens is 692 g/mol. The van der Waals surface area contributed by atoms with Gasteiger partial charge in [-0.3, -0.25) is 29.2 Å². The average Bonchev–Trinajstić information content (AvgIpc) is 3.10. The molecular formula is C38H58N10O6. The summed E-state index contributed by atoms with van der Waals surface area (Å²) in [5.74, 6) is -3.73. The summed E-state index contributed by atoms with van der Waals surface area (Å²) >= 11 is 0. The zero-order valence-corrected chi connectivity index (χ0v) is 34.0. The topological polar surface area (TPSA) is 174 Å². The van der Waals surface area contributed by atoms with E-state index >= 15 is 0 Å². The average molecular weight is 751 g/mol. The second kappa shape index (κ2) is 20.2. The number of benzene rings is 2. The van der Waals surface area contributed by atoms with Crippen molar-refractivity contribution in [1.29, 1.82) is 0 Å². The Kier molecular flexibility index (Phi) is 16.7. The highest BCUT2D eigenvalue weighted by Crippen LogP contribution is 2.23. The van der Waals surface area contributed by atoms with Crippen molar-refractivity contribution < 1.29 is 29.1 Å². The predicted molar refractivity (Wildman–Crippen MR) is 206 cm³/mol. The number of rotatable bonds is 18. The van der Waals surface area contributed by atoms with Crippen molar-refractivity contribution in [2.45, 2.75) is 71.6 Å². The van der Waals surface area contributed by atoms with Gasteiger partial charge in [0.2, 0.25) is 23.6 Å². The standard InChI is InChI=1S/C38H58N10O6/c1-24(2)33(45(10)26(5)49)36(51)46(11)31(22-27-14-18-29(19-15-27)39-41-43(6)7)35(50)48(13)34(25(3)4)37(52)47(12)32(38(53)54)23-28-16-20-30(21-17-28)40-42-44(8)9/h14-21,24-25,31-34H,22-23H2,1-13H3,(H,53,54)/t31-,32-,33+,34+/m1/s1. The van der Waals surface area contributed by atoms with Crippen LogP contribution in [0, 0.1) is 11.8 Å². The van der Waals surface area contributed by atoms with Crippen molar-refractivity contribution in [3.8, 4) is 0 Å². The van der Waals surface area contributed by atoms with Gasteiger partial charge >= 0.3 is 5.97 Å². The van der Waals surface area contributed by atoms with Gasteiger partial charge in [-0.2, -0.15) is 0 Å². The molecule has 296 valence electrons. The molecule has 0 spiro atoms. The smallest absolute Gasteiger partial charge is 0.326 e. The van der Waals surface area contributed by atoms with E-state index in [9.17, 15) is 29.1 Å². The second-order valence-electron chi connectivity index (χ2n) is 14.5. The highest BCUT2D eigenvalue weighted by molar-refractivity contribution is 5.95. The van der Waals surface area contributed by atoms with Crippen LogP contribution in [0.1, 0.15) is 45.7 Å². The van der Waals surface area contributed by atoms with Crippen LogP contribution in [-0.4, -0.2) is 145 Å². The molecule has 2 aromatic carbocycles. The third-order valence-corrected chi connectivity index (χ3v) is 9.06. The highest BCUT2D eigenvalue weighted by Gasteiger charge is 2.41. The number of hydrogen-bond donors (Lipinski definition) is 1. The Labute approximate surface area is 319 Å². The van der Waals surface area contributed by atoms with Crippen molar-refractivity contribution >= 4 is 41.0 Å². The monoisotopic (exact) mass is 750 g/mol. The molecule has 0 saturated carbocycles. The fourth-order valence-electron chi connectivity index (χ4n) is 5.99. The number of aliphatic carboxylic acids is 1. The van der Waals surface area contributed by atoms with Crippen molar-refractivity contribution in [2.75, 3.05) is 56.4 Å². The number of carbonyl (C=O) groups excluding carboxylic acids is 4. The lowest BCUT2D eigenvalue weighted by atomic mass is 9.95. The first-order valence-electron chi connectivity index (χ1n) is 17.8. The molecule has 4 atom stereocenters. The van der Waals surface area contributed by atoms with Crippen LogP contribution >= 0.6 is 0 Å². The Morgan fingerprint density at radius 3 is 1.22 bits per heavy atom. The molecule has 0 radical (unpaired) electrons. The maximum absolute atomic E-state index is 14.6. The summed E-state index contributed by atoms with van der Waals surface area (Å²) in [6.45, 7) is 8.58. The first-order chi connectivity index (χ1) is 25.2. The van der Waals surface area contributed by atoms with Gasteiger partial charge in [0.15, 0.2) is 0 Å². The fraction of sp³-hybridized carbons (Fsp3) is 0.553. The van der Waals surface area contributed by atoms with Crippen LogP contribution in [0.15, 0.2) is 69.2 Å². The third kappa shape index (κ3) is 12.3. The van der Waals surface area contributed by atoms with Crippen LogP contribution in [0.4, 0.5) is 11.4 Å². The maximum atomic E-state index is 14.6. The zero-order chi connectivity index (χ0) is 41.0. The van der Waals surface area contributed by atoms with Crippen LogP contribution < -0.4 is 0 Å². The molecule has 0 unspecified atom stereocenters. The molecule has 0 fully saturated rings. The lowest BCUT2D eigenvalue weighted by Crippen LogP contribution is -2.60. The molecule has 0 heterocycles. The van der Waals surface area contributed by atoms with Gasteiger partial charge in [0, 0.05) is 76.1 Å². The number of hydrogen-bond acceptors (Lipinski definition) is 9. The molecule has 0 aromatic heterocycles. The van der Waals surface area contributed by atoms with Gasteiger partial charge in [-0.15, -0.1) is 10.2 Å². The van der Waals surface area contributed by atoms with Crippen LogP contribution in [0.2, 0.25) is 0 Å². The van der Waals surface area contributed by atoms with E-state index in [4.69, 9.17) is 0 Å². The number of nitrogens with zero attached hydrogens (tertiary/aromatic N) is 10. The first-order valence-corrected chi connectivity index (χ1v) is 17.8. The SMILES string of the molecule is CC(=O)N(C)[C@H](C(=O)N(C)[C@H](Cc1ccc(N=NN(C)C)cc1)C(=O)N(C)[C@H](C(=O)N(C)[C@H](Cc1ccc(N=NN(C)C)cc1)C(=O)O)C(C)C)C(C)C. The summed E-state index contributed by atoms with van der Waals surface area (Å²) in [5, 5.41) is 29.6. The Balaban J connectivity index is 2.51. The van der Waals surface area contributed by atoms with E-state index in [0.29, 0.717) is 16.9 Å². The molecule has 2 rings (SSSR count). The van der Waals surface area contributed by atoms with Crippen molar-refractivity contribution in [3.05, 3.63) is 59.7 Å². The molecule has 54 heavy (non-hydrogen) atoms. The maximum Gasteiger partial charge on any atom is 0.326 e. The van der Waals surface area contributed by atoms with E-state index < -0.39 is 53.8 Å². The summed E-state index contributed by atoms with van der Waals surface area (Å²) in [5.41, 5.74) is 2.56. The summed E-state index contributed by atoms with van der Waals surface area (Å²) in [4.78, 5) is 73.2. The van der Waals surface area contributed by atoms with Gasteiger partial charge < -0.3 is 24.7 Å². The Morgan fingerprint density at radius 1 is 0.537 bits per heavy atom. The Morgan fingerprint density at radius 2 is 0.889 bits per heavy atom. The van der Waals surface area contributed by atoms with E-state index in [1.165, 1.54) is 42.8 Å². The van der Waals surface area contributed by atoms with Gasteiger partial charge in [0.25, 0.3) is 0 Å². The highest BCUT2D eigenvalue weighted by atomic mass is 16.4. The van der Waals surface area contributed by atoms with E-state index in [-0.39, 0.29) is 24.7 Å². The van der Waals surface area contributed by atoms with Crippen molar-refractivity contribution in [2.24, 2.45) is 32.5 Å². The van der Waals surface area contributed by atoms with Crippen LogP contribution in [-0.2, 0) is 36.8 Å². The molecule has 1 N–H and O–H groups in total. The number of carboxylic acids is 1. The largest absolute Gasteiger partial charge is 0.480 e. The molecule has 0 saturated heterocycles. The van der Waals surface area contributed by atoms with E-state index in [1.54, 1.807) is 108 Å². The van der Waals surface area contributed by atoms with E-state index in [2.05, 4.69) is 20.7 Å². The lowest BCUT2D eigenvalue weighted by Gasteiger charge is -2.40. The van der Waals surface area contributed by atoms with Gasteiger partial charge in [0.1, 0.15) is 24.2 Å². The number of likely N-dealkylation sites (N-methyl/N-ethyl adjacent to an activating group) is 4. The molecule has 2 aromatic rings. The third-order valence-electron chi connectivity index (χ3n) is 9.06. The van der Waals surface area contributed by atoms with Crippen molar-refractivity contribution in [3.63, 3.8) is 0 Å². The first kappa shape index (κ1) is 44.7. The van der Waals surface area contributed by atoms with E-state index in [0.717, 1.165) is 10.5 Å².